The molecule has 1 aliphatic rings. The van der Waals surface area contributed by atoms with Crippen molar-refractivity contribution >= 4 is 55.7 Å². The highest BCUT2D eigenvalue weighted by atomic mass is 15.2. The van der Waals surface area contributed by atoms with Crippen LogP contribution in [0.4, 0.5) is 34.1 Å². The maximum Gasteiger partial charge on any atom is 0.0546 e. The van der Waals surface area contributed by atoms with Gasteiger partial charge in [0, 0.05) is 33.7 Å². The molecular weight excluding hydrogens is 484 g/mol. The first kappa shape index (κ1) is 22.6. The summed E-state index contributed by atoms with van der Waals surface area (Å²) in [5.74, 6) is 0. The van der Waals surface area contributed by atoms with Gasteiger partial charge < -0.3 is 9.80 Å². The zero-order valence-corrected chi connectivity index (χ0v) is 21.9. The molecule has 0 aromatic heterocycles. The first-order chi connectivity index (χ1) is 19.8. The lowest BCUT2D eigenvalue weighted by atomic mass is 9.91. The fourth-order valence-electron chi connectivity index (χ4n) is 6.13. The number of anilines is 6. The van der Waals surface area contributed by atoms with Crippen molar-refractivity contribution in [1.82, 2.24) is 0 Å². The van der Waals surface area contributed by atoms with Gasteiger partial charge in [0.1, 0.15) is 0 Å². The number of hydrogen-bond donors (Lipinski definition) is 0. The molecule has 1 aliphatic heterocycles. The first-order valence-corrected chi connectivity index (χ1v) is 13.7. The number of fused-ring (bicyclic) bond motifs is 3. The van der Waals surface area contributed by atoms with E-state index in [1.807, 2.05) is 0 Å². The smallest absolute Gasteiger partial charge is 0.0546 e. The zero-order chi connectivity index (χ0) is 26.5. The highest BCUT2D eigenvalue weighted by Crippen LogP contribution is 2.51. The summed E-state index contributed by atoms with van der Waals surface area (Å²) in [5, 5.41) is 5.04. The van der Waals surface area contributed by atoms with Crippen LogP contribution in [0.2, 0.25) is 0 Å². The van der Waals surface area contributed by atoms with E-state index in [1.54, 1.807) is 0 Å². The Hall–Kier alpha value is -5.34. The van der Waals surface area contributed by atoms with E-state index in [0.717, 1.165) is 22.7 Å². The number of para-hydroxylation sites is 2. The standard InChI is InChI=1S/C38H26N2/c1-2-14-30(15-3-1)39(33-21-20-27-10-4-5-11-29(27)26-33)31-22-24-32(25-23-31)40-36-18-7-6-16-34(36)35-17-8-12-28-13-9-19-37(40)38(28)35/h1-26H. The number of benzene rings is 7. The molecule has 0 spiro atoms. The van der Waals surface area contributed by atoms with Gasteiger partial charge in [-0.15, -0.1) is 0 Å². The molecule has 2 heteroatoms. The predicted octanol–water partition coefficient (Wildman–Crippen LogP) is 10.9. The zero-order valence-electron chi connectivity index (χ0n) is 21.9. The maximum atomic E-state index is 2.40. The fourth-order valence-corrected chi connectivity index (χ4v) is 6.13. The second kappa shape index (κ2) is 9.14. The molecule has 8 rings (SSSR count). The van der Waals surface area contributed by atoms with Crippen LogP contribution in [-0.4, -0.2) is 0 Å². The molecule has 7 aromatic rings. The summed E-state index contributed by atoms with van der Waals surface area (Å²) in [4.78, 5) is 4.73. The Kier molecular flexibility index (Phi) is 5.17. The molecule has 0 bridgehead atoms. The molecule has 0 aliphatic carbocycles. The van der Waals surface area contributed by atoms with Gasteiger partial charge in [0.15, 0.2) is 0 Å². The van der Waals surface area contributed by atoms with Crippen molar-refractivity contribution in [3.05, 3.63) is 158 Å². The van der Waals surface area contributed by atoms with Crippen LogP contribution in [0.5, 0.6) is 0 Å². The summed E-state index contributed by atoms with van der Waals surface area (Å²) in [6, 6.07) is 56.7. The van der Waals surface area contributed by atoms with Gasteiger partial charge in [-0.25, -0.2) is 0 Å². The minimum Gasteiger partial charge on any atom is -0.310 e. The largest absolute Gasteiger partial charge is 0.310 e. The Balaban J connectivity index is 1.27. The number of rotatable bonds is 4. The predicted molar refractivity (Wildman–Crippen MR) is 170 cm³/mol. The lowest BCUT2D eigenvalue weighted by Gasteiger charge is -2.34. The van der Waals surface area contributed by atoms with Crippen LogP contribution in [0.15, 0.2) is 158 Å². The molecule has 2 nitrogen and oxygen atoms in total. The van der Waals surface area contributed by atoms with Crippen molar-refractivity contribution in [3.8, 4) is 11.1 Å². The normalized spacial score (nSPS) is 11.9. The van der Waals surface area contributed by atoms with Crippen LogP contribution in [-0.2, 0) is 0 Å². The van der Waals surface area contributed by atoms with Crippen molar-refractivity contribution in [2.45, 2.75) is 0 Å². The van der Waals surface area contributed by atoms with E-state index in [9.17, 15) is 0 Å². The topological polar surface area (TPSA) is 6.48 Å². The summed E-state index contributed by atoms with van der Waals surface area (Å²) < 4.78 is 0. The maximum absolute atomic E-state index is 2.40. The minimum absolute atomic E-state index is 1.12. The quantitative estimate of drug-likeness (QED) is 0.232. The Morgan fingerprint density at radius 2 is 0.975 bits per heavy atom. The van der Waals surface area contributed by atoms with Crippen molar-refractivity contribution in [1.29, 1.82) is 0 Å². The second-order valence-electron chi connectivity index (χ2n) is 10.3. The van der Waals surface area contributed by atoms with Crippen LogP contribution < -0.4 is 9.80 Å². The highest BCUT2D eigenvalue weighted by molar-refractivity contribution is 6.13. The van der Waals surface area contributed by atoms with Gasteiger partial charge in [0.05, 0.1) is 11.4 Å². The lowest BCUT2D eigenvalue weighted by molar-refractivity contribution is 1.26. The van der Waals surface area contributed by atoms with E-state index in [2.05, 4.69) is 168 Å². The third-order valence-corrected chi connectivity index (χ3v) is 7.93. The first-order valence-electron chi connectivity index (χ1n) is 13.7. The van der Waals surface area contributed by atoms with E-state index >= 15 is 0 Å². The van der Waals surface area contributed by atoms with Crippen molar-refractivity contribution in [2.75, 3.05) is 9.80 Å². The van der Waals surface area contributed by atoms with Gasteiger partial charge in [-0.1, -0.05) is 97.1 Å². The summed E-state index contributed by atoms with van der Waals surface area (Å²) in [6.07, 6.45) is 0. The van der Waals surface area contributed by atoms with Crippen LogP contribution in [0.1, 0.15) is 0 Å². The molecule has 7 aromatic carbocycles. The van der Waals surface area contributed by atoms with E-state index < -0.39 is 0 Å². The minimum atomic E-state index is 1.12. The van der Waals surface area contributed by atoms with Gasteiger partial charge in [-0.3, -0.25) is 0 Å². The fraction of sp³-hybridized carbons (Fsp3) is 0. The summed E-state index contributed by atoms with van der Waals surface area (Å²) >= 11 is 0. The molecule has 0 radical (unpaired) electrons. The van der Waals surface area contributed by atoms with Crippen LogP contribution in [0, 0.1) is 0 Å². The van der Waals surface area contributed by atoms with Crippen molar-refractivity contribution in [2.24, 2.45) is 0 Å². The van der Waals surface area contributed by atoms with E-state index in [-0.39, 0.29) is 0 Å². The molecule has 0 amide bonds. The second-order valence-corrected chi connectivity index (χ2v) is 10.3. The molecular formula is C38H26N2. The Morgan fingerprint density at radius 1 is 0.375 bits per heavy atom. The monoisotopic (exact) mass is 510 g/mol. The van der Waals surface area contributed by atoms with E-state index in [1.165, 1.54) is 44.0 Å². The summed E-state index contributed by atoms with van der Waals surface area (Å²) in [7, 11) is 0. The average molecular weight is 511 g/mol. The molecule has 0 saturated carbocycles. The number of nitrogens with zero attached hydrogens (tertiary/aromatic N) is 2. The van der Waals surface area contributed by atoms with E-state index in [0.29, 0.717) is 0 Å². The van der Waals surface area contributed by atoms with Crippen molar-refractivity contribution < 1.29 is 0 Å². The SMILES string of the molecule is c1ccc(N(c2ccc(N3c4ccccc4-c4cccc5cccc3c45)cc2)c2ccc3ccccc3c2)cc1. The number of hydrogen-bond acceptors (Lipinski definition) is 2. The molecule has 0 atom stereocenters. The Labute approximate surface area is 234 Å². The third kappa shape index (κ3) is 3.58. The van der Waals surface area contributed by atoms with Gasteiger partial charge in [0.2, 0.25) is 0 Å². The van der Waals surface area contributed by atoms with E-state index in [4.69, 9.17) is 0 Å². The average Bonchev–Trinajstić information content (AvgIpc) is 3.03. The van der Waals surface area contributed by atoms with Crippen LogP contribution >= 0.6 is 0 Å². The van der Waals surface area contributed by atoms with Crippen LogP contribution in [0.3, 0.4) is 0 Å². The molecule has 188 valence electrons. The molecule has 1 heterocycles. The molecule has 40 heavy (non-hydrogen) atoms. The highest BCUT2D eigenvalue weighted by Gasteiger charge is 2.25. The Bertz CT molecular complexity index is 2000. The molecule has 0 saturated heterocycles. The van der Waals surface area contributed by atoms with Crippen LogP contribution in [0.25, 0.3) is 32.7 Å². The molecule has 0 N–H and O–H groups in total. The van der Waals surface area contributed by atoms with Gasteiger partial charge in [0.25, 0.3) is 0 Å². The molecule has 0 unspecified atom stereocenters. The lowest BCUT2D eigenvalue weighted by Crippen LogP contribution is -2.15. The summed E-state index contributed by atoms with van der Waals surface area (Å²) in [5.41, 5.74) is 9.51. The third-order valence-electron chi connectivity index (χ3n) is 7.93. The van der Waals surface area contributed by atoms with Gasteiger partial charge in [-0.05, 0) is 82.4 Å². The van der Waals surface area contributed by atoms with Gasteiger partial charge in [-0.2, -0.15) is 0 Å². The van der Waals surface area contributed by atoms with Crippen molar-refractivity contribution in [3.63, 3.8) is 0 Å². The summed E-state index contributed by atoms with van der Waals surface area (Å²) in [6.45, 7) is 0. The molecule has 0 fully saturated rings. The Morgan fingerprint density at radius 3 is 1.82 bits per heavy atom. The van der Waals surface area contributed by atoms with Gasteiger partial charge >= 0.3 is 0 Å².